The number of aryl methyl sites for hydroxylation is 1. The summed E-state index contributed by atoms with van der Waals surface area (Å²) in [5.41, 5.74) is 4.22. The third-order valence-electron chi connectivity index (χ3n) is 4.67. The number of amidine groups is 1. The van der Waals surface area contributed by atoms with E-state index in [1.807, 2.05) is 66.4 Å². The zero-order chi connectivity index (χ0) is 18.9. The Morgan fingerprint density at radius 1 is 0.889 bits per heavy atom. The normalized spacial score (nSPS) is 15.1. The molecule has 3 aromatic carbocycles. The predicted octanol–water partition coefficient (Wildman–Crippen LogP) is 4.35. The van der Waals surface area contributed by atoms with Crippen molar-refractivity contribution < 1.29 is 8.42 Å². The zero-order valence-electron chi connectivity index (χ0n) is 15.0. The van der Waals surface area contributed by atoms with Crippen molar-refractivity contribution in [3.05, 3.63) is 95.6 Å². The average Bonchev–Trinajstić information content (AvgIpc) is 2.99. The number of fused-ring (bicyclic) bond motifs is 1. The highest BCUT2D eigenvalue weighted by Gasteiger charge is 2.27. The van der Waals surface area contributed by atoms with Crippen molar-refractivity contribution in [1.29, 1.82) is 0 Å². The number of anilines is 1. The van der Waals surface area contributed by atoms with E-state index in [4.69, 9.17) is 0 Å². The standard InChI is InChI=1S/C22H20N2O2S/c1-17-11-13-20(14-12-17)27(25,26)23-22-15-19-9-5-6-10-21(19)24(22)16-18-7-3-2-4-8-18/h2-14H,15-16H2,1H3/b23-22+. The van der Waals surface area contributed by atoms with Gasteiger partial charge in [-0.3, -0.25) is 0 Å². The highest BCUT2D eigenvalue weighted by molar-refractivity contribution is 7.90. The van der Waals surface area contributed by atoms with Gasteiger partial charge in [-0.1, -0.05) is 66.2 Å². The molecule has 1 heterocycles. The van der Waals surface area contributed by atoms with Gasteiger partial charge in [0.05, 0.1) is 4.90 Å². The Balaban J connectivity index is 1.74. The van der Waals surface area contributed by atoms with E-state index in [9.17, 15) is 8.42 Å². The van der Waals surface area contributed by atoms with Gasteiger partial charge in [-0.15, -0.1) is 4.40 Å². The summed E-state index contributed by atoms with van der Waals surface area (Å²) in [6.07, 6.45) is 0.508. The average molecular weight is 376 g/mol. The van der Waals surface area contributed by atoms with Crippen molar-refractivity contribution in [2.75, 3.05) is 4.90 Å². The Morgan fingerprint density at radius 3 is 2.30 bits per heavy atom. The van der Waals surface area contributed by atoms with Gasteiger partial charge >= 0.3 is 0 Å². The number of hydrogen-bond acceptors (Lipinski definition) is 2. The maximum absolute atomic E-state index is 12.8. The van der Waals surface area contributed by atoms with Gasteiger partial charge in [-0.2, -0.15) is 8.42 Å². The minimum Gasteiger partial charge on any atom is -0.324 e. The van der Waals surface area contributed by atoms with E-state index >= 15 is 0 Å². The molecule has 1 aliphatic rings. The number of sulfonamides is 1. The second-order valence-electron chi connectivity index (χ2n) is 6.67. The molecule has 0 aliphatic carbocycles. The molecule has 1 aliphatic heterocycles. The molecule has 3 aromatic rings. The van der Waals surface area contributed by atoms with Crippen LogP contribution in [0.25, 0.3) is 0 Å². The van der Waals surface area contributed by atoms with Crippen LogP contribution in [-0.2, 0) is 23.0 Å². The van der Waals surface area contributed by atoms with Crippen LogP contribution >= 0.6 is 0 Å². The van der Waals surface area contributed by atoms with Crippen LogP contribution in [0.3, 0.4) is 0 Å². The van der Waals surface area contributed by atoms with E-state index in [1.54, 1.807) is 24.3 Å². The summed E-state index contributed by atoms with van der Waals surface area (Å²) in [4.78, 5) is 2.22. The first-order chi connectivity index (χ1) is 13.0. The summed E-state index contributed by atoms with van der Waals surface area (Å²) in [5.74, 6) is 0.556. The van der Waals surface area contributed by atoms with Gasteiger partial charge in [-0.05, 0) is 36.2 Å². The molecule has 0 aromatic heterocycles. The van der Waals surface area contributed by atoms with Gasteiger partial charge in [0.25, 0.3) is 10.0 Å². The summed E-state index contributed by atoms with van der Waals surface area (Å²) in [6, 6.07) is 24.8. The fourth-order valence-corrected chi connectivity index (χ4v) is 4.28. The van der Waals surface area contributed by atoms with Crippen molar-refractivity contribution >= 4 is 21.5 Å². The fraction of sp³-hybridized carbons (Fsp3) is 0.136. The zero-order valence-corrected chi connectivity index (χ0v) is 15.9. The summed E-state index contributed by atoms with van der Waals surface area (Å²) < 4.78 is 29.9. The molecule has 27 heavy (non-hydrogen) atoms. The van der Waals surface area contributed by atoms with Crippen LogP contribution in [0.5, 0.6) is 0 Å². The molecule has 0 atom stereocenters. The number of para-hydroxylation sites is 1. The SMILES string of the molecule is Cc1ccc(S(=O)(=O)/N=C2\Cc3ccccc3N2Cc2ccccc2)cc1. The van der Waals surface area contributed by atoms with Crippen molar-refractivity contribution in [3.63, 3.8) is 0 Å². The molecule has 4 nitrogen and oxygen atoms in total. The molecule has 4 rings (SSSR count). The molecule has 0 amide bonds. The van der Waals surface area contributed by atoms with E-state index in [-0.39, 0.29) is 4.90 Å². The maximum Gasteiger partial charge on any atom is 0.283 e. The van der Waals surface area contributed by atoms with Crippen LogP contribution in [0.4, 0.5) is 5.69 Å². The Hall–Kier alpha value is -2.92. The molecular formula is C22H20N2O2S. The Bertz CT molecular complexity index is 1090. The molecule has 0 bridgehead atoms. The monoisotopic (exact) mass is 376 g/mol. The smallest absolute Gasteiger partial charge is 0.283 e. The molecule has 0 N–H and O–H groups in total. The topological polar surface area (TPSA) is 49.7 Å². The Labute approximate surface area is 159 Å². The molecular weight excluding hydrogens is 356 g/mol. The van der Waals surface area contributed by atoms with Gasteiger partial charge < -0.3 is 4.90 Å². The first-order valence-electron chi connectivity index (χ1n) is 8.83. The largest absolute Gasteiger partial charge is 0.324 e. The minimum atomic E-state index is -3.76. The first kappa shape index (κ1) is 17.5. The first-order valence-corrected chi connectivity index (χ1v) is 10.3. The summed E-state index contributed by atoms with van der Waals surface area (Å²) in [6.45, 7) is 2.51. The van der Waals surface area contributed by atoms with Crippen LogP contribution in [0, 0.1) is 6.92 Å². The van der Waals surface area contributed by atoms with E-state index in [0.717, 1.165) is 22.4 Å². The lowest BCUT2D eigenvalue weighted by atomic mass is 10.1. The highest BCUT2D eigenvalue weighted by Crippen LogP contribution is 2.31. The number of rotatable bonds is 4. The quantitative estimate of drug-likeness (QED) is 0.680. The molecule has 0 radical (unpaired) electrons. The Kier molecular flexibility index (Phi) is 4.54. The summed E-state index contributed by atoms with van der Waals surface area (Å²) >= 11 is 0. The van der Waals surface area contributed by atoms with Gasteiger partial charge in [-0.25, -0.2) is 0 Å². The lowest BCUT2D eigenvalue weighted by molar-refractivity contribution is 0.598. The molecule has 0 spiro atoms. The highest BCUT2D eigenvalue weighted by atomic mass is 32.2. The van der Waals surface area contributed by atoms with E-state index in [0.29, 0.717) is 18.8 Å². The number of nitrogens with zero attached hydrogens (tertiary/aromatic N) is 2. The van der Waals surface area contributed by atoms with E-state index < -0.39 is 10.0 Å². The summed E-state index contributed by atoms with van der Waals surface area (Å²) in [7, 11) is -3.76. The van der Waals surface area contributed by atoms with Crippen LogP contribution in [-0.4, -0.2) is 14.3 Å². The summed E-state index contributed by atoms with van der Waals surface area (Å²) in [5, 5.41) is 0. The molecule has 5 heteroatoms. The van der Waals surface area contributed by atoms with Crippen LogP contribution in [0.1, 0.15) is 16.7 Å². The van der Waals surface area contributed by atoms with Crippen LogP contribution < -0.4 is 4.90 Å². The van der Waals surface area contributed by atoms with E-state index in [1.165, 1.54) is 0 Å². The molecule has 0 saturated carbocycles. The van der Waals surface area contributed by atoms with Gasteiger partial charge in [0, 0.05) is 18.7 Å². The van der Waals surface area contributed by atoms with Gasteiger partial charge in [0.1, 0.15) is 5.84 Å². The second-order valence-corrected chi connectivity index (χ2v) is 8.28. The number of benzene rings is 3. The van der Waals surface area contributed by atoms with Crippen molar-refractivity contribution in [2.45, 2.75) is 24.8 Å². The minimum absolute atomic E-state index is 0.219. The second kappa shape index (κ2) is 7.00. The maximum atomic E-state index is 12.8. The molecule has 0 unspecified atom stereocenters. The van der Waals surface area contributed by atoms with Gasteiger partial charge in [0.15, 0.2) is 0 Å². The van der Waals surface area contributed by atoms with Crippen molar-refractivity contribution in [3.8, 4) is 0 Å². The van der Waals surface area contributed by atoms with Crippen molar-refractivity contribution in [2.24, 2.45) is 4.40 Å². The molecule has 0 fully saturated rings. The number of hydrogen-bond donors (Lipinski definition) is 0. The van der Waals surface area contributed by atoms with Crippen molar-refractivity contribution in [1.82, 2.24) is 0 Å². The third kappa shape index (κ3) is 3.64. The molecule has 0 saturated heterocycles. The lowest BCUT2D eigenvalue weighted by Gasteiger charge is -2.20. The van der Waals surface area contributed by atoms with Gasteiger partial charge in [0.2, 0.25) is 0 Å². The fourth-order valence-electron chi connectivity index (χ4n) is 3.25. The van der Waals surface area contributed by atoms with Crippen LogP contribution in [0.2, 0.25) is 0 Å². The predicted molar refractivity (Wildman–Crippen MR) is 109 cm³/mol. The lowest BCUT2D eigenvalue weighted by Crippen LogP contribution is -2.27. The third-order valence-corrected chi connectivity index (χ3v) is 5.99. The Morgan fingerprint density at radius 2 is 1.56 bits per heavy atom. The van der Waals surface area contributed by atoms with E-state index in [2.05, 4.69) is 4.40 Å². The molecule has 136 valence electrons. The van der Waals surface area contributed by atoms with Crippen LogP contribution in [0.15, 0.2) is 88.2 Å².